The van der Waals surface area contributed by atoms with Gasteiger partial charge in [0, 0.05) is 37.8 Å². The second-order valence-electron chi connectivity index (χ2n) is 9.12. The normalized spacial score (nSPS) is 24.9. The van der Waals surface area contributed by atoms with E-state index in [-0.39, 0.29) is 11.6 Å². The first kappa shape index (κ1) is 22.2. The number of piperazine rings is 1. The second-order valence-corrected chi connectivity index (χ2v) is 9.12. The van der Waals surface area contributed by atoms with Gasteiger partial charge in [0.1, 0.15) is 0 Å². The van der Waals surface area contributed by atoms with Gasteiger partial charge in [-0.1, -0.05) is 6.08 Å². The number of hydrogen-bond acceptors (Lipinski definition) is 3. The Morgan fingerprint density at radius 1 is 1.00 bits per heavy atom. The van der Waals surface area contributed by atoms with E-state index in [0.717, 1.165) is 82.6 Å². The third-order valence-corrected chi connectivity index (χ3v) is 7.10. The Morgan fingerprint density at radius 2 is 1.74 bits per heavy atom. The molecular formula is C24H32F3N3O. The van der Waals surface area contributed by atoms with Crippen LogP contribution in [-0.4, -0.2) is 49.6 Å². The summed E-state index contributed by atoms with van der Waals surface area (Å²) < 4.78 is 40.7. The van der Waals surface area contributed by atoms with Gasteiger partial charge in [0.15, 0.2) is 17.5 Å². The Bertz CT molecular complexity index is 813. The number of benzene rings is 1. The lowest BCUT2D eigenvalue weighted by molar-refractivity contribution is -0.118. The van der Waals surface area contributed by atoms with E-state index in [4.69, 9.17) is 0 Å². The molecule has 1 saturated heterocycles. The van der Waals surface area contributed by atoms with E-state index in [1.54, 1.807) is 4.90 Å². The summed E-state index contributed by atoms with van der Waals surface area (Å²) in [6.45, 7) is 3.80. The van der Waals surface area contributed by atoms with Crippen molar-refractivity contribution in [3.05, 3.63) is 41.2 Å². The first-order valence-corrected chi connectivity index (χ1v) is 11.6. The molecular weight excluding hydrogens is 403 g/mol. The highest BCUT2D eigenvalue weighted by atomic mass is 19.2. The Kier molecular flexibility index (Phi) is 7.20. The summed E-state index contributed by atoms with van der Waals surface area (Å²) in [5, 5.41) is 3.22. The zero-order chi connectivity index (χ0) is 21.8. The minimum Gasteiger partial charge on any atom is -0.367 e. The van der Waals surface area contributed by atoms with Crippen LogP contribution >= 0.6 is 0 Å². The van der Waals surface area contributed by atoms with Crippen LogP contribution in [0.25, 0.3) is 0 Å². The number of carbonyl (C=O) groups excluding carboxylic acids is 1. The van der Waals surface area contributed by atoms with Gasteiger partial charge in [0.25, 0.3) is 0 Å². The predicted molar refractivity (Wildman–Crippen MR) is 115 cm³/mol. The van der Waals surface area contributed by atoms with Crippen molar-refractivity contribution in [2.24, 2.45) is 5.92 Å². The maximum atomic E-state index is 14.0. The van der Waals surface area contributed by atoms with E-state index in [1.165, 1.54) is 6.07 Å². The van der Waals surface area contributed by atoms with Crippen molar-refractivity contribution in [3.8, 4) is 0 Å². The van der Waals surface area contributed by atoms with Gasteiger partial charge in [-0.25, -0.2) is 13.2 Å². The molecule has 0 aromatic heterocycles. The van der Waals surface area contributed by atoms with Crippen molar-refractivity contribution in [1.29, 1.82) is 0 Å². The smallest absolute Gasteiger partial charge is 0.247 e. The van der Waals surface area contributed by atoms with Crippen molar-refractivity contribution in [2.75, 3.05) is 37.6 Å². The van der Waals surface area contributed by atoms with Crippen molar-refractivity contribution in [3.63, 3.8) is 0 Å². The fourth-order valence-corrected chi connectivity index (χ4v) is 5.09. The molecule has 0 atom stereocenters. The van der Waals surface area contributed by atoms with Gasteiger partial charge in [-0.05, 0) is 76.0 Å². The van der Waals surface area contributed by atoms with Gasteiger partial charge in [0.05, 0.1) is 5.69 Å². The number of nitrogens with one attached hydrogen (secondary N) is 1. The average Bonchev–Trinajstić information content (AvgIpc) is 3.33. The molecule has 4 rings (SSSR count). The molecule has 31 heavy (non-hydrogen) atoms. The van der Waals surface area contributed by atoms with E-state index < -0.39 is 17.5 Å². The SMILES string of the molecule is O=C(N[C@H]1CC[C@H](CCN2CCN(c3ccc(F)c(F)c3F)CC2)CC1)C1=CCCC1. The minimum atomic E-state index is -1.40. The average molecular weight is 436 g/mol. The Labute approximate surface area is 182 Å². The molecule has 1 N–H and O–H groups in total. The number of carbonyl (C=O) groups is 1. The van der Waals surface area contributed by atoms with E-state index in [1.807, 2.05) is 0 Å². The van der Waals surface area contributed by atoms with Crippen LogP contribution in [-0.2, 0) is 4.79 Å². The van der Waals surface area contributed by atoms with E-state index in [2.05, 4.69) is 16.3 Å². The number of anilines is 1. The molecule has 1 aliphatic heterocycles. The molecule has 1 heterocycles. The van der Waals surface area contributed by atoms with Crippen molar-refractivity contribution < 1.29 is 18.0 Å². The second kappa shape index (κ2) is 10.1. The number of nitrogens with zero attached hydrogens (tertiary/aromatic N) is 2. The molecule has 0 unspecified atom stereocenters. The summed E-state index contributed by atoms with van der Waals surface area (Å²) in [6, 6.07) is 2.62. The monoisotopic (exact) mass is 435 g/mol. The van der Waals surface area contributed by atoms with Gasteiger partial charge < -0.3 is 10.2 Å². The molecule has 2 fully saturated rings. The fourth-order valence-electron chi connectivity index (χ4n) is 5.09. The molecule has 0 bridgehead atoms. The number of hydrogen-bond donors (Lipinski definition) is 1. The van der Waals surface area contributed by atoms with E-state index in [9.17, 15) is 18.0 Å². The Morgan fingerprint density at radius 3 is 2.42 bits per heavy atom. The molecule has 1 amide bonds. The minimum absolute atomic E-state index is 0.135. The lowest BCUT2D eigenvalue weighted by Crippen LogP contribution is -2.47. The maximum absolute atomic E-state index is 14.0. The van der Waals surface area contributed by atoms with Gasteiger partial charge in [-0.2, -0.15) is 0 Å². The highest BCUT2D eigenvalue weighted by Gasteiger charge is 2.26. The molecule has 2 aliphatic carbocycles. The van der Waals surface area contributed by atoms with Crippen LogP contribution in [0, 0.1) is 23.4 Å². The molecule has 170 valence electrons. The number of rotatable bonds is 6. The highest BCUT2D eigenvalue weighted by molar-refractivity contribution is 5.93. The van der Waals surface area contributed by atoms with Crippen LogP contribution < -0.4 is 10.2 Å². The Balaban J connectivity index is 1.16. The number of amides is 1. The van der Waals surface area contributed by atoms with Crippen LogP contribution in [0.15, 0.2) is 23.8 Å². The third-order valence-electron chi connectivity index (χ3n) is 7.10. The van der Waals surface area contributed by atoms with Crippen LogP contribution in [0.2, 0.25) is 0 Å². The summed E-state index contributed by atoms with van der Waals surface area (Å²) in [6.07, 6.45) is 10.6. The summed E-state index contributed by atoms with van der Waals surface area (Å²) in [7, 11) is 0. The molecule has 7 heteroatoms. The van der Waals surface area contributed by atoms with Crippen LogP contribution in [0.4, 0.5) is 18.9 Å². The van der Waals surface area contributed by atoms with E-state index in [0.29, 0.717) is 25.0 Å². The molecule has 1 saturated carbocycles. The molecule has 0 radical (unpaired) electrons. The molecule has 1 aromatic rings. The topological polar surface area (TPSA) is 35.6 Å². The standard InChI is InChI=1S/C24H32F3N3O/c25-20-9-10-21(23(27)22(20)26)30-15-13-29(14-16-30)12-11-17-5-7-19(8-6-17)28-24(31)18-3-1-2-4-18/h3,9-10,17,19H,1-2,4-8,11-16H2,(H,28,31)/t17-,19-. The summed E-state index contributed by atoms with van der Waals surface area (Å²) in [5.41, 5.74) is 1.11. The molecule has 0 spiro atoms. The van der Waals surface area contributed by atoms with Gasteiger partial charge in [0.2, 0.25) is 5.91 Å². The molecule has 3 aliphatic rings. The molecule has 1 aromatic carbocycles. The van der Waals surface area contributed by atoms with Crippen molar-refractivity contribution in [1.82, 2.24) is 10.2 Å². The summed E-state index contributed by atoms with van der Waals surface area (Å²) in [5.74, 6) is -2.82. The van der Waals surface area contributed by atoms with Crippen molar-refractivity contribution in [2.45, 2.75) is 57.4 Å². The zero-order valence-corrected chi connectivity index (χ0v) is 18.0. The van der Waals surface area contributed by atoms with Gasteiger partial charge in [-0.3, -0.25) is 9.69 Å². The van der Waals surface area contributed by atoms with Gasteiger partial charge in [-0.15, -0.1) is 0 Å². The number of allylic oxidation sites excluding steroid dienone is 1. The first-order valence-electron chi connectivity index (χ1n) is 11.6. The van der Waals surface area contributed by atoms with Crippen LogP contribution in [0.1, 0.15) is 51.4 Å². The van der Waals surface area contributed by atoms with Gasteiger partial charge >= 0.3 is 0 Å². The number of halogens is 3. The van der Waals surface area contributed by atoms with E-state index >= 15 is 0 Å². The third kappa shape index (κ3) is 5.43. The first-order chi connectivity index (χ1) is 15.0. The zero-order valence-electron chi connectivity index (χ0n) is 18.0. The van der Waals surface area contributed by atoms with Crippen LogP contribution in [0.3, 0.4) is 0 Å². The Hall–Kier alpha value is -2.02. The quantitative estimate of drug-likeness (QED) is 0.673. The highest BCUT2D eigenvalue weighted by Crippen LogP contribution is 2.29. The lowest BCUT2D eigenvalue weighted by atomic mass is 9.84. The lowest BCUT2D eigenvalue weighted by Gasteiger charge is -2.37. The van der Waals surface area contributed by atoms with Crippen molar-refractivity contribution >= 4 is 11.6 Å². The van der Waals surface area contributed by atoms with Crippen LogP contribution in [0.5, 0.6) is 0 Å². The fraction of sp³-hybridized carbons (Fsp3) is 0.625. The largest absolute Gasteiger partial charge is 0.367 e. The summed E-state index contributed by atoms with van der Waals surface area (Å²) in [4.78, 5) is 16.4. The maximum Gasteiger partial charge on any atom is 0.247 e. The summed E-state index contributed by atoms with van der Waals surface area (Å²) >= 11 is 0. The predicted octanol–water partition coefficient (Wildman–Crippen LogP) is 4.40. The molecule has 4 nitrogen and oxygen atoms in total.